The van der Waals surface area contributed by atoms with Gasteiger partial charge < -0.3 is 20.1 Å². The van der Waals surface area contributed by atoms with Crippen LogP contribution >= 0.6 is 11.6 Å². The number of carbonyl (C=O) groups is 2. The van der Waals surface area contributed by atoms with Gasteiger partial charge in [-0.25, -0.2) is 9.78 Å². The van der Waals surface area contributed by atoms with Gasteiger partial charge in [-0.2, -0.15) is 0 Å². The van der Waals surface area contributed by atoms with Crippen LogP contribution in [0.5, 0.6) is 0 Å². The molecular formula is C25H28ClN5O3. The van der Waals surface area contributed by atoms with Crippen LogP contribution < -0.4 is 10.9 Å². The average Bonchev–Trinajstić information content (AvgIpc) is 3.22. The molecule has 1 saturated heterocycles. The molecule has 0 saturated carbocycles. The van der Waals surface area contributed by atoms with Crippen LogP contribution in [0.4, 0.5) is 4.79 Å². The second-order valence-corrected chi connectivity index (χ2v) is 8.88. The number of rotatable bonds is 8. The first-order valence-electron chi connectivity index (χ1n) is 11.5. The summed E-state index contributed by atoms with van der Waals surface area (Å²) in [7, 11) is 0. The Hall–Kier alpha value is -3.39. The van der Waals surface area contributed by atoms with Crippen molar-refractivity contribution < 1.29 is 9.59 Å². The van der Waals surface area contributed by atoms with Crippen LogP contribution in [0.15, 0.2) is 47.3 Å². The predicted molar refractivity (Wildman–Crippen MR) is 131 cm³/mol. The Morgan fingerprint density at radius 3 is 2.74 bits per heavy atom. The lowest BCUT2D eigenvalue weighted by Crippen LogP contribution is -2.40. The molecule has 2 aromatic carbocycles. The van der Waals surface area contributed by atoms with Gasteiger partial charge in [-0.1, -0.05) is 42.8 Å². The van der Waals surface area contributed by atoms with Crippen molar-refractivity contribution in [2.75, 3.05) is 13.1 Å². The molecule has 1 aliphatic heterocycles. The van der Waals surface area contributed by atoms with E-state index in [1.807, 2.05) is 36.1 Å². The summed E-state index contributed by atoms with van der Waals surface area (Å²) in [5, 5.41) is 3.93. The number of amides is 3. The predicted octanol–water partition coefficient (Wildman–Crippen LogP) is 3.82. The minimum absolute atomic E-state index is 0.168. The Labute approximate surface area is 202 Å². The molecule has 0 unspecified atom stereocenters. The van der Waals surface area contributed by atoms with E-state index in [0.717, 1.165) is 30.5 Å². The molecule has 8 nitrogen and oxygen atoms in total. The molecule has 178 valence electrons. The number of hydrogen-bond acceptors (Lipinski definition) is 4. The third-order valence-electron chi connectivity index (χ3n) is 5.92. The van der Waals surface area contributed by atoms with Crippen molar-refractivity contribution in [3.05, 3.63) is 74.8 Å². The molecule has 1 fully saturated rings. The molecule has 3 aromatic rings. The lowest BCUT2D eigenvalue weighted by molar-refractivity contribution is -0.128. The number of H-pyrrole nitrogens is 1. The van der Waals surface area contributed by atoms with Gasteiger partial charge in [0.1, 0.15) is 5.82 Å². The summed E-state index contributed by atoms with van der Waals surface area (Å²) in [5.41, 5.74) is 2.23. The van der Waals surface area contributed by atoms with Crippen molar-refractivity contribution >= 4 is 34.4 Å². The first-order chi connectivity index (χ1) is 16.4. The van der Waals surface area contributed by atoms with Crippen LogP contribution in [0.3, 0.4) is 0 Å². The van der Waals surface area contributed by atoms with Gasteiger partial charge in [-0.3, -0.25) is 9.59 Å². The third kappa shape index (κ3) is 5.56. The van der Waals surface area contributed by atoms with Crippen LogP contribution in [-0.4, -0.2) is 44.8 Å². The van der Waals surface area contributed by atoms with E-state index in [0.29, 0.717) is 47.8 Å². The normalized spacial score (nSPS) is 13.5. The molecule has 34 heavy (non-hydrogen) atoms. The molecule has 0 aliphatic carbocycles. The Bertz CT molecular complexity index is 1260. The van der Waals surface area contributed by atoms with E-state index in [1.165, 1.54) is 0 Å². The highest BCUT2D eigenvalue weighted by atomic mass is 35.5. The monoisotopic (exact) mass is 481 g/mol. The maximum absolute atomic E-state index is 13.0. The number of benzene rings is 2. The maximum atomic E-state index is 13.0. The van der Waals surface area contributed by atoms with E-state index in [2.05, 4.69) is 15.3 Å². The quantitative estimate of drug-likeness (QED) is 0.511. The molecule has 2 heterocycles. The molecule has 0 radical (unpaired) electrons. The van der Waals surface area contributed by atoms with E-state index >= 15 is 0 Å². The molecule has 2 N–H and O–H groups in total. The maximum Gasteiger partial charge on any atom is 0.318 e. The van der Waals surface area contributed by atoms with Crippen molar-refractivity contribution in [2.45, 2.75) is 45.8 Å². The van der Waals surface area contributed by atoms with Crippen molar-refractivity contribution in [1.82, 2.24) is 25.1 Å². The van der Waals surface area contributed by atoms with E-state index in [9.17, 15) is 14.4 Å². The fraction of sp³-hybridized carbons (Fsp3) is 0.360. The number of aromatic amines is 1. The van der Waals surface area contributed by atoms with E-state index < -0.39 is 0 Å². The van der Waals surface area contributed by atoms with Crippen molar-refractivity contribution in [2.24, 2.45) is 0 Å². The Balaban J connectivity index is 1.46. The molecular weight excluding hydrogens is 454 g/mol. The van der Waals surface area contributed by atoms with Gasteiger partial charge in [0.05, 0.1) is 17.4 Å². The summed E-state index contributed by atoms with van der Waals surface area (Å²) in [6, 6.07) is 12.5. The van der Waals surface area contributed by atoms with Crippen LogP contribution in [0, 0.1) is 0 Å². The second-order valence-electron chi connectivity index (χ2n) is 8.44. The molecule has 1 aromatic heterocycles. The Morgan fingerprint density at radius 1 is 1.21 bits per heavy atom. The van der Waals surface area contributed by atoms with Gasteiger partial charge in [0.25, 0.3) is 5.56 Å². The number of nitrogens with zero attached hydrogens (tertiary/aromatic N) is 3. The van der Waals surface area contributed by atoms with Crippen molar-refractivity contribution in [1.29, 1.82) is 0 Å². The molecule has 9 heteroatoms. The fourth-order valence-electron chi connectivity index (χ4n) is 4.18. The summed E-state index contributed by atoms with van der Waals surface area (Å²) in [6.45, 7) is 4.32. The van der Waals surface area contributed by atoms with Gasteiger partial charge in [-0.05, 0) is 42.2 Å². The van der Waals surface area contributed by atoms with Gasteiger partial charge in [0.2, 0.25) is 5.91 Å². The van der Waals surface area contributed by atoms with Gasteiger partial charge >= 0.3 is 6.03 Å². The van der Waals surface area contributed by atoms with Gasteiger partial charge in [0, 0.05) is 37.6 Å². The Morgan fingerprint density at radius 2 is 2.00 bits per heavy atom. The van der Waals surface area contributed by atoms with Crippen LogP contribution in [0.1, 0.15) is 43.1 Å². The van der Waals surface area contributed by atoms with E-state index in [4.69, 9.17) is 11.6 Å². The average molecular weight is 482 g/mol. The standard InChI is InChI=1S/C25H28ClN5O3/c1-2-11-31(16-22-28-21-13-19(26)9-10-20(21)24(33)29-22)25(34)27-14-17-6-3-4-7-18(17)15-30-12-5-8-23(30)32/h3-4,6-7,9-10,13H,2,5,8,11-12,14-16H2,1H3,(H,27,34)(H,28,29,33). The van der Waals surface area contributed by atoms with E-state index in [1.54, 1.807) is 23.1 Å². The number of halogens is 1. The van der Waals surface area contributed by atoms with Gasteiger partial charge in [0.15, 0.2) is 0 Å². The topological polar surface area (TPSA) is 98.4 Å². The molecule has 1 aliphatic rings. The SMILES string of the molecule is CCCN(Cc1nc2cc(Cl)ccc2c(=O)[nH]1)C(=O)NCc1ccccc1CN1CCCC1=O. The first-order valence-corrected chi connectivity index (χ1v) is 11.9. The highest BCUT2D eigenvalue weighted by Crippen LogP contribution is 2.18. The number of aromatic nitrogens is 2. The Kier molecular flexibility index (Phi) is 7.47. The van der Waals surface area contributed by atoms with Crippen LogP contribution in [0.2, 0.25) is 5.02 Å². The summed E-state index contributed by atoms with van der Waals surface area (Å²) in [5.74, 6) is 0.572. The largest absolute Gasteiger partial charge is 0.338 e. The second kappa shape index (κ2) is 10.7. The first kappa shape index (κ1) is 23.8. The fourth-order valence-corrected chi connectivity index (χ4v) is 4.35. The zero-order valence-electron chi connectivity index (χ0n) is 19.1. The van der Waals surface area contributed by atoms with Crippen LogP contribution in [0.25, 0.3) is 10.9 Å². The van der Waals surface area contributed by atoms with Crippen molar-refractivity contribution in [3.8, 4) is 0 Å². The number of carbonyl (C=O) groups excluding carboxylic acids is 2. The van der Waals surface area contributed by atoms with Crippen molar-refractivity contribution in [3.63, 3.8) is 0 Å². The lowest BCUT2D eigenvalue weighted by Gasteiger charge is -2.23. The minimum atomic E-state index is -0.265. The molecule has 3 amide bonds. The number of fused-ring (bicyclic) bond motifs is 1. The number of nitrogens with one attached hydrogen (secondary N) is 2. The minimum Gasteiger partial charge on any atom is -0.338 e. The summed E-state index contributed by atoms with van der Waals surface area (Å²) >= 11 is 6.05. The summed E-state index contributed by atoms with van der Waals surface area (Å²) in [4.78, 5) is 48.3. The molecule has 0 atom stereocenters. The number of hydrogen-bond donors (Lipinski definition) is 2. The molecule has 4 rings (SSSR count). The number of likely N-dealkylation sites (tertiary alicyclic amines) is 1. The zero-order chi connectivity index (χ0) is 24.1. The summed E-state index contributed by atoms with van der Waals surface area (Å²) < 4.78 is 0. The molecule has 0 bridgehead atoms. The smallest absolute Gasteiger partial charge is 0.318 e. The van der Waals surface area contributed by atoms with Crippen LogP contribution in [-0.2, 0) is 24.4 Å². The lowest BCUT2D eigenvalue weighted by atomic mass is 10.1. The zero-order valence-corrected chi connectivity index (χ0v) is 19.9. The highest BCUT2D eigenvalue weighted by molar-refractivity contribution is 6.31. The van der Waals surface area contributed by atoms with E-state index in [-0.39, 0.29) is 24.0 Å². The molecule has 0 spiro atoms. The summed E-state index contributed by atoms with van der Waals surface area (Å²) in [6.07, 6.45) is 2.24. The van der Waals surface area contributed by atoms with Gasteiger partial charge in [-0.15, -0.1) is 0 Å². The third-order valence-corrected chi connectivity index (χ3v) is 6.16. The highest BCUT2D eigenvalue weighted by Gasteiger charge is 2.21. The number of urea groups is 1.